The summed E-state index contributed by atoms with van der Waals surface area (Å²) in [6, 6.07) is 10.5. The number of rotatable bonds is 5. The number of benzene rings is 1. The highest BCUT2D eigenvalue weighted by Gasteiger charge is 2.30. The van der Waals surface area contributed by atoms with E-state index in [9.17, 15) is 5.11 Å². The van der Waals surface area contributed by atoms with E-state index in [0.717, 1.165) is 38.1 Å². The maximum Gasteiger partial charge on any atom is 0.0488 e. The monoisotopic (exact) mass is 251 g/mol. The van der Waals surface area contributed by atoms with Gasteiger partial charge in [0.05, 0.1) is 0 Å². The number of hydrogen-bond donors (Lipinski definition) is 2. The first-order valence-electron chi connectivity index (χ1n) is 6.34. The van der Waals surface area contributed by atoms with Crippen molar-refractivity contribution in [3.63, 3.8) is 0 Å². The van der Waals surface area contributed by atoms with Crippen molar-refractivity contribution in [3.8, 4) is 0 Å². The lowest BCUT2D eigenvalue weighted by atomic mass is 9.77. The summed E-state index contributed by atoms with van der Waals surface area (Å²) >= 11 is 1.90. The lowest BCUT2D eigenvalue weighted by Gasteiger charge is -2.36. The molecule has 0 amide bonds. The second-order valence-electron chi connectivity index (χ2n) is 4.82. The fraction of sp³-hybridized carbons (Fsp3) is 0.571. The Hall–Kier alpha value is -0.510. The Morgan fingerprint density at radius 2 is 1.88 bits per heavy atom. The first-order chi connectivity index (χ1) is 8.35. The summed E-state index contributed by atoms with van der Waals surface area (Å²) in [7, 11) is 0. The normalized spacial score (nSPS) is 19.1. The molecule has 1 aliphatic rings. The Bertz CT molecular complexity index is 322. The van der Waals surface area contributed by atoms with Crippen LogP contribution in [0.25, 0.3) is 0 Å². The van der Waals surface area contributed by atoms with Gasteiger partial charge in [-0.05, 0) is 55.7 Å². The molecule has 0 saturated carbocycles. The second kappa shape index (κ2) is 6.43. The van der Waals surface area contributed by atoms with Gasteiger partial charge >= 0.3 is 0 Å². The second-order valence-corrected chi connectivity index (χ2v) is 5.99. The largest absolute Gasteiger partial charge is 0.396 e. The maximum atomic E-state index is 9.60. The van der Waals surface area contributed by atoms with Gasteiger partial charge in [-0.2, -0.15) is 0 Å². The van der Waals surface area contributed by atoms with Gasteiger partial charge in [0.1, 0.15) is 0 Å². The number of piperidine rings is 1. The van der Waals surface area contributed by atoms with Crippen LogP contribution in [0.5, 0.6) is 0 Å². The zero-order chi connectivity index (χ0) is 12.0. The molecular weight excluding hydrogens is 230 g/mol. The standard InChI is InChI=1S/C14H21NOS/c16-12-14(6-9-15-10-7-14)8-11-17-13-4-2-1-3-5-13/h1-5,15-16H,6-12H2. The molecule has 1 aromatic carbocycles. The molecular formula is C14H21NOS. The van der Waals surface area contributed by atoms with E-state index in [1.807, 2.05) is 17.8 Å². The van der Waals surface area contributed by atoms with Crippen LogP contribution in [0, 0.1) is 5.41 Å². The van der Waals surface area contributed by atoms with E-state index in [2.05, 4.69) is 29.6 Å². The highest BCUT2D eigenvalue weighted by atomic mass is 32.2. The van der Waals surface area contributed by atoms with Crippen LogP contribution in [-0.2, 0) is 0 Å². The smallest absolute Gasteiger partial charge is 0.0488 e. The number of thioether (sulfide) groups is 1. The average molecular weight is 251 g/mol. The van der Waals surface area contributed by atoms with E-state index in [1.54, 1.807) is 0 Å². The number of aliphatic hydroxyl groups excluding tert-OH is 1. The molecule has 0 atom stereocenters. The molecule has 0 aliphatic carbocycles. The van der Waals surface area contributed by atoms with Crippen molar-refractivity contribution < 1.29 is 5.11 Å². The van der Waals surface area contributed by atoms with Gasteiger partial charge in [0.15, 0.2) is 0 Å². The molecule has 1 aliphatic heterocycles. The molecule has 1 aromatic rings. The summed E-state index contributed by atoms with van der Waals surface area (Å²) in [5, 5.41) is 13.0. The Morgan fingerprint density at radius 1 is 1.18 bits per heavy atom. The van der Waals surface area contributed by atoms with Crippen LogP contribution in [0.1, 0.15) is 19.3 Å². The Balaban J connectivity index is 1.80. The van der Waals surface area contributed by atoms with Crippen LogP contribution in [0.3, 0.4) is 0 Å². The highest BCUT2D eigenvalue weighted by molar-refractivity contribution is 7.99. The molecule has 0 unspecified atom stereocenters. The van der Waals surface area contributed by atoms with Crippen LogP contribution in [-0.4, -0.2) is 30.6 Å². The molecule has 0 radical (unpaired) electrons. The third-order valence-corrected chi connectivity index (χ3v) is 4.66. The van der Waals surface area contributed by atoms with Crippen molar-refractivity contribution in [2.75, 3.05) is 25.4 Å². The van der Waals surface area contributed by atoms with Crippen molar-refractivity contribution in [3.05, 3.63) is 30.3 Å². The van der Waals surface area contributed by atoms with Crippen LogP contribution in [0.2, 0.25) is 0 Å². The molecule has 94 valence electrons. The van der Waals surface area contributed by atoms with Crippen LogP contribution in [0.15, 0.2) is 35.2 Å². The van der Waals surface area contributed by atoms with Gasteiger partial charge in [-0.3, -0.25) is 0 Å². The van der Waals surface area contributed by atoms with E-state index < -0.39 is 0 Å². The van der Waals surface area contributed by atoms with Crippen molar-refractivity contribution in [2.24, 2.45) is 5.41 Å². The van der Waals surface area contributed by atoms with Gasteiger partial charge in [0.2, 0.25) is 0 Å². The van der Waals surface area contributed by atoms with E-state index in [4.69, 9.17) is 0 Å². The lowest BCUT2D eigenvalue weighted by Crippen LogP contribution is -2.39. The van der Waals surface area contributed by atoms with Gasteiger partial charge < -0.3 is 10.4 Å². The molecule has 0 aromatic heterocycles. The zero-order valence-electron chi connectivity index (χ0n) is 10.2. The number of aliphatic hydroxyl groups is 1. The molecule has 17 heavy (non-hydrogen) atoms. The fourth-order valence-electron chi connectivity index (χ4n) is 2.35. The van der Waals surface area contributed by atoms with E-state index >= 15 is 0 Å². The molecule has 2 nitrogen and oxygen atoms in total. The van der Waals surface area contributed by atoms with Gasteiger partial charge in [0.25, 0.3) is 0 Å². The van der Waals surface area contributed by atoms with Crippen LogP contribution >= 0.6 is 11.8 Å². The minimum Gasteiger partial charge on any atom is -0.396 e. The molecule has 2 N–H and O–H groups in total. The predicted molar refractivity (Wildman–Crippen MR) is 73.4 cm³/mol. The molecule has 1 fully saturated rings. The van der Waals surface area contributed by atoms with Crippen LogP contribution in [0.4, 0.5) is 0 Å². The summed E-state index contributed by atoms with van der Waals surface area (Å²) in [4.78, 5) is 1.33. The van der Waals surface area contributed by atoms with Crippen molar-refractivity contribution in [2.45, 2.75) is 24.2 Å². The van der Waals surface area contributed by atoms with Gasteiger partial charge in [-0.1, -0.05) is 18.2 Å². The van der Waals surface area contributed by atoms with Crippen molar-refractivity contribution >= 4 is 11.8 Å². The van der Waals surface area contributed by atoms with Gasteiger partial charge in [-0.25, -0.2) is 0 Å². The van der Waals surface area contributed by atoms with Gasteiger partial charge in [-0.15, -0.1) is 11.8 Å². The minimum absolute atomic E-state index is 0.174. The van der Waals surface area contributed by atoms with E-state index in [-0.39, 0.29) is 5.41 Å². The quantitative estimate of drug-likeness (QED) is 0.789. The summed E-state index contributed by atoms with van der Waals surface area (Å²) in [6.45, 7) is 2.44. The number of nitrogens with one attached hydrogen (secondary N) is 1. The fourth-order valence-corrected chi connectivity index (χ4v) is 3.47. The van der Waals surface area contributed by atoms with Crippen LogP contribution < -0.4 is 5.32 Å². The molecule has 0 bridgehead atoms. The molecule has 1 heterocycles. The summed E-state index contributed by atoms with van der Waals surface area (Å²) < 4.78 is 0. The zero-order valence-corrected chi connectivity index (χ0v) is 11.0. The molecule has 3 heteroatoms. The van der Waals surface area contributed by atoms with E-state index in [1.165, 1.54) is 4.90 Å². The SMILES string of the molecule is OCC1(CCSc2ccccc2)CCNCC1. The number of hydrogen-bond acceptors (Lipinski definition) is 3. The predicted octanol–water partition coefficient (Wildman–Crippen LogP) is 2.53. The van der Waals surface area contributed by atoms with Gasteiger partial charge in [0, 0.05) is 11.5 Å². The lowest BCUT2D eigenvalue weighted by molar-refractivity contribution is 0.0864. The molecule has 1 saturated heterocycles. The highest BCUT2D eigenvalue weighted by Crippen LogP contribution is 2.34. The third-order valence-electron chi connectivity index (χ3n) is 3.64. The Kier molecular flexibility index (Phi) is 4.89. The minimum atomic E-state index is 0.174. The molecule has 0 spiro atoms. The van der Waals surface area contributed by atoms with Crippen molar-refractivity contribution in [1.29, 1.82) is 0 Å². The summed E-state index contributed by atoms with van der Waals surface area (Å²) in [5.74, 6) is 1.10. The summed E-state index contributed by atoms with van der Waals surface area (Å²) in [6.07, 6.45) is 3.34. The first kappa shape index (κ1) is 12.9. The van der Waals surface area contributed by atoms with E-state index in [0.29, 0.717) is 6.61 Å². The van der Waals surface area contributed by atoms with Crippen molar-refractivity contribution in [1.82, 2.24) is 5.32 Å². The topological polar surface area (TPSA) is 32.3 Å². The average Bonchev–Trinajstić information content (AvgIpc) is 2.41. The maximum absolute atomic E-state index is 9.60. The Labute approximate surface area is 108 Å². The third kappa shape index (κ3) is 3.73. The Morgan fingerprint density at radius 3 is 2.53 bits per heavy atom. The summed E-state index contributed by atoms with van der Waals surface area (Å²) in [5.41, 5.74) is 0.174. The first-order valence-corrected chi connectivity index (χ1v) is 7.33. The molecule has 2 rings (SSSR count).